The number of hydrogen-bond acceptors (Lipinski definition) is 2. The summed E-state index contributed by atoms with van der Waals surface area (Å²) in [7, 11) is 0. The lowest BCUT2D eigenvalue weighted by Crippen LogP contribution is -2.34. The van der Waals surface area contributed by atoms with Crippen LogP contribution in [0.15, 0.2) is 24.3 Å². The van der Waals surface area contributed by atoms with Gasteiger partial charge in [-0.05, 0) is 6.07 Å². The van der Waals surface area contributed by atoms with Gasteiger partial charge in [0.1, 0.15) is 0 Å². The number of ketones is 1. The minimum atomic E-state index is -0.526. The molecule has 1 aliphatic heterocycles. The molecule has 1 amide bonds. The Kier molecular flexibility index (Phi) is 2.11. The second-order valence-corrected chi connectivity index (χ2v) is 4.44. The van der Waals surface area contributed by atoms with E-state index in [0.717, 1.165) is 0 Å². The van der Waals surface area contributed by atoms with E-state index in [0.29, 0.717) is 17.7 Å². The third kappa shape index (κ3) is 1.54. The van der Waals surface area contributed by atoms with Gasteiger partial charge < -0.3 is 5.32 Å². The Morgan fingerprint density at radius 3 is 2.40 bits per heavy atom. The van der Waals surface area contributed by atoms with Crippen LogP contribution in [0, 0.1) is 5.41 Å². The summed E-state index contributed by atoms with van der Waals surface area (Å²) in [6, 6.07) is 6.95. The molecule has 1 aromatic rings. The number of rotatable bonds is 0. The van der Waals surface area contributed by atoms with Gasteiger partial charge in [-0.3, -0.25) is 9.59 Å². The Morgan fingerprint density at radius 2 is 1.73 bits per heavy atom. The summed E-state index contributed by atoms with van der Waals surface area (Å²) >= 11 is 0. The van der Waals surface area contributed by atoms with E-state index in [9.17, 15) is 9.59 Å². The maximum absolute atomic E-state index is 12.1. The van der Waals surface area contributed by atoms with Gasteiger partial charge in [0.25, 0.3) is 5.91 Å². The zero-order chi connectivity index (χ0) is 11.1. The van der Waals surface area contributed by atoms with Crippen molar-refractivity contribution in [3.63, 3.8) is 0 Å². The molecule has 0 aromatic heterocycles. The highest BCUT2D eigenvalue weighted by atomic mass is 16.2. The normalized spacial score (nSPS) is 19.1. The summed E-state index contributed by atoms with van der Waals surface area (Å²) in [4.78, 5) is 23.8. The molecule has 0 spiro atoms. The zero-order valence-electron chi connectivity index (χ0n) is 8.83. The molecule has 78 valence electrons. The molecule has 3 nitrogen and oxygen atoms in total. The van der Waals surface area contributed by atoms with Crippen molar-refractivity contribution >= 4 is 11.7 Å². The fraction of sp³-hybridized carbons (Fsp3) is 0.333. The minimum absolute atomic E-state index is 0.0245. The Morgan fingerprint density at radius 1 is 1.13 bits per heavy atom. The first-order chi connectivity index (χ1) is 7.02. The van der Waals surface area contributed by atoms with E-state index in [2.05, 4.69) is 5.32 Å². The average molecular weight is 203 g/mol. The maximum Gasteiger partial charge on any atom is 0.252 e. The highest BCUT2D eigenvalue weighted by Crippen LogP contribution is 2.26. The van der Waals surface area contributed by atoms with Crippen LogP contribution < -0.4 is 5.32 Å². The van der Waals surface area contributed by atoms with Gasteiger partial charge in [0.15, 0.2) is 5.78 Å². The quantitative estimate of drug-likeness (QED) is 0.696. The number of amides is 1. The predicted octanol–water partition coefficient (Wildman–Crippen LogP) is 1.64. The summed E-state index contributed by atoms with van der Waals surface area (Å²) in [5, 5.41) is 2.76. The average Bonchev–Trinajstić information content (AvgIpc) is 2.31. The first kappa shape index (κ1) is 9.90. The second kappa shape index (κ2) is 3.19. The minimum Gasteiger partial charge on any atom is -0.351 e. The number of fused-ring (bicyclic) bond motifs is 1. The van der Waals surface area contributed by atoms with E-state index < -0.39 is 5.41 Å². The molecule has 15 heavy (non-hydrogen) atoms. The molecule has 0 saturated carbocycles. The molecule has 0 atom stereocenters. The lowest BCUT2D eigenvalue weighted by atomic mass is 9.84. The molecule has 2 rings (SSSR count). The summed E-state index contributed by atoms with van der Waals surface area (Å²) < 4.78 is 0. The molecule has 0 bridgehead atoms. The lowest BCUT2D eigenvalue weighted by molar-refractivity contribution is 0.0837. The molecule has 1 aromatic carbocycles. The monoisotopic (exact) mass is 203 g/mol. The smallest absolute Gasteiger partial charge is 0.252 e. The molecule has 1 aliphatic rings. The third-order valence-electron chi connectivity index (χ3n) is 2.72. The molecule has 1 heterocycles. The first-order valence-corrected chi connectivity index (χ1v) is 4.94. The Bertz CT molecular complexity index is 435. The van der Waals surface area contributed by atoms with Gasteiger partial charge >= 0.3 is 0 Å². The molecule has 0 aliphatic carbocycles. The number of nitrogens with one attached hydrogen (secondary N) is 1. The maximum atomic E-state index is 12.1. The largest absolute Gasteiger partial charge is 0.351 e. The summed E-state index contributed by atoms with van der Waals surface area (Å²) in [5.41, 5.74) is 0.480. The molecule has 1 N–H and O–H groups in total. The van der Waals surface area contributed by atoms with Crippen molar-refractivity contribution in [3.05, 3.63) is 35.4 Å². The number of hydrogen-bond donors (Lipinski definition) is 1. The molecule has 3 heteroatoms. The molecule has 0 radical (unpaired) electrons. The van der Waals surface area contributed by atoms with Gasteiger partial charge in [-0.25, -0.2) is 0 Å². The van der Waals surface area contributed by atoms with Gasteiger partial charge in [-0.2, -0.15) is 0 Å². The van der Waals surface area contributed by atoms with E-state index in [-0.39, 0.29) is 11.7 Å². The van der Waals surface area contributed by atoms with E-state index in [4.69, 9.17) is 0 Å². The Hall–Kier alpha value is -1.64. The van der Waals surface area contributed by atoms with Crippen LogP contribution in [-0.4, -0.2) is 18.2 Å². The summed E-state index contributed by atoms with van der Waals surface area (Å²) in [6.07, 6.45) is 0. The van der Waals surface area contributed by atoms with Crippen molar-refractivity contribution in [1.29, 1.82) is 0 Å². The second-order valence-electron chi connectivity index (χ2n) is 4.44. The van der Waals surface area contributed by atoms with Crippen molar-refractivity contribution in [2.45, 2.75) is 13.8 Å². The zero-order valence-corrected chi connectivity index (χ0v) is 8.83. The SMILES string of the molecule is CC1(C)CNC(=O)c2ccccc2C1=O. The van der Waals surface area contributed by atoms with Crippen LogP contribution in [-0.2, 0) is 0 Å². The molecule has 0 unspecified atom stereocenters. The standard InChI is InChI=1S/C12H13NO2/c1-12(2)7-13-11(15)9-6-4-3-5-8(9)10(12)14/h3-6H,7H2,1-2H3,(H,13,15). The molecular weight excluding hydrogens is 190 g/mol. The number of carbonyl (C=O) groups is 2. The van der Waals surface area contributed by atoms with Crippen LogP contribution in [0.1, 0.15) is 34.6 Å². The van der Waals surface area contributed by atoms with Crippen LogP contribution in [0.4, 0.5) is 0 Å². The van der Waals surface area contributed by atoms with Crippen molar-refractivity contribution < 1.29 is 9.59 Å². The fourth-order valence-corrected chi connectivity index (χ4v) is 1.72. The fourth-order valence-electron chi connectivity index (χ4n) is 1.72. The van der Waals surface area contributed by atoms with Crippen LogP contribution in [0.5, 0.6) is 0 Å². The number of benzene rings is 1. The Balaban J connectivity index is 2.61. The molecule has 0 fully saturated rings. The van der Waals surface area contributed by atoms with Gasteiger partial charge in [0.05, 0.1) is 5.56 Å². The third-order valence-corrected chi connectivity index (χ3v) is 2.72. The lowest BCUT2D eigenvalue weighted by Gasteiger charge is -2.20. The topological polar surface area (TPSA) is 46.2 Å². The van der Waals surface area contributed by atoms with Crippen molar-refractivity contribution in [3.8, 4) is 0 Å². The van der Waals surface area contributed by atoms with Gasteiger partial charge in [-0.15, -0.1) is 0 Å². The van der Waals surface area contributed by atoms with Crippen molar-refractivity contribution in [2.24, 2.45) is 5.41 Å². The van der Waals surface area contributed by atoms with Crippen LogP contribution in [0.25, 0.3) is 0 Å². The molecular formula is C12H13NO2. The molecule has 0 saturated heterocycles. The van der Waals surface area contributed by atoms with Crippen LogP contribution >= 0.6 is 0 Å². The first-order valence-electron chi connectivity index (χ1n) is 4.94. The predicted molar refractivity (Wildman–Crippen MR) is 56.9 cm³/mol. The number of carbonyl (C=O) groups excluding carboxylic acids is 2. The van der Waals surface area contributed by atoms with Gasteiger partial charge in [0.2, 0.25) is 0 Å². The number of Topliss-reactive ketones (excluding diaryl/α,β-unsaturated/α-hetero) is 1. The van der Waals surface area contributed by atoms with Gasteiger partial charge in [-0.1, -0.05) is 32.0 Å². The highest BCUT2D eigenvalue weighted by molar-refractivity contribution is 6.11. The van der Waals surface area contributed by atoms with Crippen molar-refractivity contribution in [1.82, 2.24) is 5.32 Å². The van der Waals surface area contributed by atoms with Crippen LogP contribution in [0.3, 0.4) is 0 Å². The Labute approximate surface area is 88.5 Å². The summed E-state index contributed by atoms with van der Waals surface area (Å²) in [5.74, 6) is -0.138. The van der Waals surface area contributed by atoms with Crippen LogP contribution in [0.2, 0.25) is 0 Å². The highest BCUT2D eigenvalue weighted by Gasteiger charge is 2.34. The van der Waals surface area contributed by atoms with Gasteiger partial charge in [0, 0.05) is 17.5 Å². The van der Waals surface area contributed by atoms with E-state index in [1.165, 1.54) is 0 Å². The van der Waals surface area contributed by atoms with Crippen molar-refractivity contribution in [2.75, 3.05) is 6.54 Å². The van der Waals surface area contributed by atoms with E-state index in [1.54, 1.807) is 24.3 Å². The van der Waals surface area contributed by atoms with E-state index in [1.807, 2.05) is 13.8 Å². The summed E-state index contributed by atoms with van der Waals surface area (Å²) in [6.45, 7) is 4.08. The van der Waals surface area contributed by atoms with E-state index >= 15 is 0 Å².